The average molecular weight is 778 g/mol. The Bertz CT molecular complexity index is 1640. The maximum Gasteiger partial charge on any atom is 0.306 e. The van der Waals surface area contributed by atoms with E-state index < -0.39 is 23.2 Å². The van der Waals surface area contributed by atoms with Crippen LogP contribution < -0.4 is 0 Å². The van der Waals surface area contributed by atoms with Crippen molar-refractivity contribution >= 4 is 11.8 Å². The van der Waals surface area contributed by atoms with Crippen LogP contribution in [0.25, 0.3) is 0 Å². The maximum atomic E-state index is 14.3. The standard InChI is InChI=1S/C47H75N3O6/c1-30(2)39-33(51)26-47(36(52)29-50(25-24-49(10)11)28-31-14-12-13-23-48-31)22-21-45(8)32(40(39)47)15-16-35-44(7)19-18-37(56-38(53)27-42(3,4)41(54)55)43(5,6)34(44)17-20-46(35,45)9/h12-14,23,30,32,34-37,41,52,54-55H,15-22,24-29H2,1-11H3/t32?,34-,35?,36?,37?,44?,45+,46?,47?/m0/s1. The van der Waals surface area contributed by atoms with Crippen LogP contribution in [0.2, 0.25) is 0 Å². The normalized spacial score (nSPS) is 36.1. The number of aliphatic hydroxyl groups is 3. The Morgan fingerprint density at radius 2 is 1.64 bits per heavy atom. The molecule has 0 amide bonds. The number of ketones is 1. The summed E-state index contributed by atoms with van der Waals surface area (Å²) in [6.07, 6.45) is 7.65. The van der Waals surface area contributed by atoms with Gasteiger partial charge in [0.05, 0.1) is 18.2 Å². The smallest absolute Gasteiger partial charge is 0.306 e. The van der Waals surface area contributed by atoms with E-state index in [9.17, 15) is 24.9 Å². The van der Waals surface area contributed by atoms with E-state index in [0.29, 0.717) is 31.3 Å². The SMILES string of the molecule is CC(C)C1=C2C3CCC4C5(C)CCC(OC(=O)CC(C)(C)C(O)O)C(C)(C)[C@@H]5CCC4(C)[C@]3(C)CCC2(C(O)CN(CCN(C)C)Cc2ccccn2)CC1=O. The summed E-state index contributed by atoms with van der Waals surface area (Å²) in [6, 6.07) is 6.02. The van der Waals surface area contributed by atoms with Crippen LogP contribution in [-0.4, -0.2) is 94.1 Å². The molecule has 1 heterocycles. The number of ether oxygens (including phenoxy) is 1. The van der Waals surface area contributed by atoms with Gasteiger partial charge in [-0.2, -0.15) is 0 Å². The van der Waals surface area contributed by atoms with Gasteiger partial charge in [-0.15, -0.1) is 0 Å². The summed E-state index contributed by atoms with van der Waals surface area (Å²) in [5.74, 6) is 1.12. The first-order chi connectivity index (χ1) is 26.0. The molecule has 5 aliphatic rings. The fraction of sp³-hybridized carbons (Fsp3) is 0.809. The molecule has 56 heavy (non-hydrogen) atoms. The lowest BCUT2D eigenvalue weighted by molar-refractivity contribution is -0.236. The predicted molar refractivity (Wildman–Crippen MR) is 220 cm³/mol. The lowest BCUT2D eigenvalue weighted by Gasteiger charge is -2.72. The number of carbonyl (C=O) groups is 2. The van der Waals surface area contributed by atoms with Crippen molar-refractivity contribution in [2.24, 2.45) is 56.2 Å². The number of fused-ring (bicyclic) bond motifs is 7. The number of nitrogens with zero attached hydrogens (tertiary/aromatic N) is 3. The van der Waals surface area contributed by atoms with Crippen LogP contribution in [0.1, 0.15) is 132 Å². The van der Waals surface area contributed by atoms with E-state index in [0.717, 1.165) is 75.7 Å². The van der Waals surface area contributed by atoms with Gasteiger partial charge in [0, 0.05) is 55.0 Å². The van der Waals surface area contributed by atoms with Crippen LogP contribution in [0.5, 0.6) is 0 Å². The van der Waals surface area contributed by atoms with Gasteiger partial charge in [-0.1, -0.05) is 74.0 Å². The Morgan fingerprint density at radius 1 is 0.929 bits per heavy atom. The summed E-state index contributed by atoms with van der Waals surface area (Å²) in [6.45, 7) is 22.8. The summed E-state index contributed by atoms with van der Waals surface area (Å²) < 4.78 is 6.23. The monoisotopic (exact) mass is 778 g/mol. The van der Waals surface area contributed by atoms with Crippen molar-refractivity contribution in [3.63, 3.8) is 0 Å². The van der Waals surface area contributed by atoms with Gasteiger partial charge in [0.15, 0.2) is 12.1 Å². The molecule has 0 aromatic carbocycles. The summed E-state index contributed by atoms with van der Waals surface area (Å²) in [5.41, 5.74) is 1.66. The quantitative estimate of drug-likeness (QED) is 0.139. The lowest BCUT2D eigenvalue weighted by atomic mass is 9.33. The zero-order valence-corrected chi connectivity index (χ0v) is 36.7. The minimum absolute atomic E-state index is 0.0179. The van der Waals surface area contributed by atoms with Crippen LogP contribution in [-0.2, 0) is 20.9 Å². The van der Waals surface area contributed by atoms with Crippen molar-refractivity contribution in [1.29, 1.82) is 0 Å². The minimum atomic E-state index is -1.59. The third kappa shape index (κ3) is 7.26. The van der Waals surface area contributed by atoms with Crippen molar-refractivity contribution in [1.82, 2.24) is 14.8 Å². The number of rotatable bonds is 13. The molecule has 314 valence electrons. The van der Waals surface area contributed by atoms with Crippen LogP contribution in [0.3, 0.4) is 0 Å². The number of esters is 1. The first-order valence-electron chi connectivity index (χ1n) is 21.8. The molecule has 0 bridgehead atoms. The molecule has 9 nitrogen and oxygen atoms in total. The van der Waals surface area contributed by atoms with Crippen LogP contribution >= 0.6 is 0 Å². The fourth-order valence-corrected chi connectivity index (χ4v) is 13.7. The average Bonchev–Trinajstić information content (AvgIpc) is 3.42. The first kappa shape index (κ1) is 43.4. The van der Waals surface area contributed by atoms with Gasteiger partial charge in [0.1, 0.15) is 6.10 Å². The Balaban J connectivity index is 1.28. The van der Waals surface area contributed by atoms with Crippen molar-refractivity contribution in [2.45, 2.75) is 152 Å². The van der Waals surface area contributed by atoms with Gasteiger partial charge in [0.25, 0.3) is 0 Å². The zero-order valence-electron chi connectivity index (χ0n) is 36.7. The Labute approximate surface area is 338 Å². The van der Waals surface area contributed by atoms with Crippen molar-refractivity contribution in [3.8, 4) is 0 Å². The highest BCUT2D eigenvalue weighted by molar-refractivity contribution is 6.00. The molecule has 0 spiro atoms. The molecule has 1 aromatic rings. The van der Waals surface area contributed by atoms with Crippen LogP contribution in [0.15, 0.2) is 35.5 Å². The third-order valence-corrected chi connectivity index (χ3v) is 17.0. The molecule has 1 aromatic heterocycles. The lowest BCUT2D eigenvalue weighted by Crippen LogP contribution is -2.66. The molecule has 5 aliphatic carbocycles. The Hall–Kier alpha value is -2.17. The van der Waals surface area contributed by atoms with Crippen LogP contribution in [0.4, 0.5) is 0 Å². The molecular formula is C47H75N3O6. The number of aromatic nitrogens is 1. The molecule has 9 atom stereocenters. The van der Waals surface area contributed by atoms with E-state index in [1.165, 1.54) is 5.57 Å². The van der Waals surface area contributed by atoms with E-state index in [4.69, 9.17) is 4.74 Å². The zero-order chi connectivity index (χ0) is 41.2. The molecule has 4 saturated carbocycles. The second kappa shape index (κ2) is 15.5. The highest BCUT2D eigenvalue weighted by atomic mass is 16.5. The molecule has 9 heteroatoms. The molecule has 3 N–H and O–H groups in total. The highest BCUT2D eigenvalue weighted by Crippen LogP contribution is 2.77. The molecule has 4 fully saturated rings. The van der Waals surface area contributed by atoms with Gasteiger partial charge < -0.3 is 25.0 Å². The topological polar surface area (TPSA) is 123 Å². The van der Waals surface area contributed by atoms with E-state index in [2.05, 4.69) is 83.4 Å². The third-order valence-electron chi connectivity index (χ3n) is 17.0. The maximum absolute atomic E-state index is 14.3. The summed E-state index contributed by atoms with van der Waals surface area (Å²) in [5, 5.41) is 32.3. The largest absolute Gasteiger partial charge is 0.462 e. The Morgan fingerprint density at radius 3 is 2.27 bits per heavy atom. The summed E-state index contributed by atoms with van der Waals surface area (Å²) in [7, 11) is 4.17. The van der Waals surface area contributed by atoms with E-state index in [-0.39, 0.29) is 57.8 Å². The number of allylic oxidation sites excluding steroid dienone is 1. The predicted octanol–water partition coefficient (Wildman–Crippen LogP) is 7.43. The van der Waals surface area contributed by atoms with Gasteiger partial charge in [-0.05, 0) is 123 Å². The number of Topliss-reactive ketones (excluding diaryl/α,β-unsaturated/α-hetero) is 1. The minimum Gasteiger partial charge on any atom is -0.462 e. The number of aliphatic hydroxyl groups excluding tert-OH is 2. The van der Waals surface area contributed by atoms with Crippen molar-refractivity contribution in [2.75, 3.05) is 33.7 Å². The van der Waals surface area contributed by atoms with E-state index >= 15 is 0 Å². The second-order valence-electron chi connectivity index (χ2n) is 21.6. The Kier molecular flexibility index (Phi) is 12.0. The molecule has 6 rings (SSSR count). The summed E-state index contributed by atoms with van der Waals surface area (Å²) >= 11 is 0. The van der Waals surface area contributed by atoms with Gasteiger partial charge in [-0.25, -0.2) is 0 Å². The number of pyridine rings is 1. The molecule has 7 unspecified atom stereocenters. The molecule has 0 saturated heterocycles. The van der Waals surface area contributed by atoms with E-state index in [1.54, 1.807) is 13.8 Å². The van der Waals surface area contributed by atoms with Gasteiger partial charge in [0.2, 0.25) is 0 Å². The van der Waals surface area contributed by atoms with Crippen molar-refractivity contribution < 1.29 is 29.6 Å². The summed E-state index contributed by atoms with van der Waals surface area (Å²) in [4.78, 5) is 36.7. The van der Waals surface area contributed by atoms with Gasteiger partial charge in [-0.3, -0.25) is 19.5 Å². The van der Waals surface area contributed by atoms with Crippen molar-refractivity contribution in [3.05, 3.63) is 41.2 Å². The molecule has 0 aliphatic heterocycles. The van der Waals surface area contributed by atoms with Crippen LogP contribution in [0, 0.1) is 56.2 Å². The van der Waals surface area contributed by atoms with Gasteiger partial charge >= 0.3 is 5.97 Å². The number of likely N-dealkylation sites (N-methyl/N-ethyl adjacent to an activating group) is 1. The number of hydrogen-bond donors (Lipinski definition) is 3. The highest BCUT2D eigenvalue weighted by Gasteiger charge is 2.71. The fourth-order valence-electron chi connectivity index (χ4n) is 13.7. The molecular weight excluding hydrogens is 703 g/mol. The number of carbonyl (C=O) groups excluding carboxylic acids is 2. The van der Waals surface area contributed by atoms with E-state index in [1.807, 2.05) is 18.3 Å². The second-order valence-corrected chi connectivity index (χ2v) is 21.6. The molecule has 0 radical (unpaired) electrons. The number of hydrogen-bond acceptors (Lipinski definition) is 9. The first-order valence-corrected chi connectivity index (χ1v) is 21.8.